The first-order valence-corrected chi connectivity index (χ1v) is 11.7. The minimum Gasteiger partial charge on any atom is -0.508 e. The lowest BCUT2D eigenvalue weighted by molar-refractivity contribution is -0.203. The number of ketones is 3. The molecule has 3 N–H and O–H groups in total. The first-order chi connectivity index (χ1) is 16.7. The molecule has 0 aromatic carbocycles. The van der Waals surface area contributed by atoms with Gasteiger partial charge in [0.15, 0.2) is 23.0 Å². The maximum Gasteiger partial charge on any atom is 0.338 e. The van der Waals surface area contributed by atoms with E-state index in [4.69, 9.17) is 4.74 Å². The van der Waals surface area contributed by atoms with E-state index < -0.39 is 69.2 Å². The molecule has 192 valence electrons. The van der Waals surface area contributed by atoms with E-state index >= 15 is 0 Å². The molecule has 2 bridgehead atoms. The molecule has 3 saturated carbocycles. The number of aliphatic hydroxyl groups is 3. The summed E-state index contributed by atoms with van der Waals surface area (Å²) in [6.45, 7) is 8.72. The molecule has 0 spiro atoms. The van der Waals surface area contributed by atoms with Crippen molar-refractivity contribution in [3.05, 3.63) is 71.3 Å². The number of cyclic esters (lactones) is 1. The standard InChI is InChI=1S/C28H32O8/c1-7-9-11-13-16(29)18-20-21(28(6)22(31)15(3)24(33)36-28)19(17(30)14-12-10-8-2)26(4,23(18)32)25(34)27(20,5)35/h7-14,19-21,29,31,35H,1-6H3/b9-7+,10-8+,13-11+,14-12+,18-16-/t19-,20-,21-,26-,27+,28+/m1/s1. The molecule has 8 heteroatoms. The first-order valence-electron chi connectivity index (χ1n) is 11.7. The molecule has 1 aliphatic heterocycles. The summed E-state index contributed by atoms with van der Waals surface area (Å²) >= 11 is 0. The van der Waals surface area contributed by atoms with Crippen molar-refractivity contribution in [1.29, 1.82) is 0 Å². The van der Waals surface area contributed by atoms with Gasteiger partial charge in [-0.1, -0.05) is 36.5 Å². The second kappa shape index (κ2) is 9.17. The van der Waals surface area contributed by atoms with Gasteiger partial charge in [0, 0.05) is 23.3 Å². The lowest BCUT2D eigenvalue weighted by Gasteiger charge is -2.60. The van der Waals surface area contributed by atoms with Crippen LogP contribution in [0.3, 0.4) is 0 Å². The molecule has 0 aromatic heterocycles. The van der Waals surface area contributed by atoms with Crippen molar-refractivity contribution < 1.29 is 39.2 Å². The van der Waals surface area contributed by atoms with E-state index in [2.05, 4.69) is 0 Å². The van der Waals surface area contributed by atoms with Crippen LogP contribution in [0.15, 0.2) is 71.3 Å². The van der Waals surface area contributed by atoms with Gasteiger partial charge in [-0.2, -0.15) is 0 Å². The summed E-state index contributed by atoms with van der Waals surface area (Å²) in [5.41, 5.74) is -6.53. The molecule has 1 heterocycles. The zero-order valence-corrected chi connectivity index (χ0v) is 21.2. The van der Waals surface area contributed by atoms with Gasteiger partial charge in [-0.15, -0.1) is 0 Å². The molecule has 0 radical (unpaired) electrons. The lowest BCUT2D eigenvalue weighted by atomic mass is 9.40. The molecule has 4 rings (SSSR count). The van der Waals surface area contributed by atoms with Crippen LogP contribution in [0.5, 0.6) is 0 Å². The zero-order chi connectivity index (χ0) is 27.2. The Bertz CT molecular complexity index is 1210. The van der Waals surface area contributed by atoms with Crippen molar-refractivity contribution in [2.75, 3.05) is 0 Å². The summed E-state index contributed by atoms with van der Waals surface area (Å²) in [6.07, 6.45) is 12.0. The predicted octanol–water partition coefficient (Wildman–Crippen LogP) is 3.55. The third-order valence-corrected chi connectivity index (χ3v) is 7.68. The number of allylic oxidation sites excluding steroid dienone is 8. The topological polar surface area (TPSA) is 138 Å². The number of carbonyl (C=O) groups excluding carboxylic acids is 4. The van der Waals surface area contributed by atoms with Crippen LogP contribution in [0.25, 0.3) is 0 Å². The fraction of sp³-hybridized carbons (Fsp3) is 0.429. The molecule has 4 aliphatic rings. The van der Waals surface area contributed by atoms with Gasteiger partial charge in [-0.25, -0.2) is 4.79 Å². The van der Waals surface area contributed by atoms with Crippen LogP contribution in [0.4, 0.5) is 0 Å². The number of carbonyl (C=O) groups is 4. The van der Waals surface area contributed by atoms with Crippen LogP contribution >= 0.6 is 0 Å². The first kappa shape index (κ1) is 27.1. The van der Waals surface area contributed by atoms with E-state index in [9.17, 15) is 34.5 Å². The van der Waals surface area contributed by atoms with Crippen LogP contribution in [0, 0.1) is 23.2 Å². The van der Waals surface area contributed by atoms with Crippen LogP contribution in [-0.4, -0.2) is 49.8 Å². The van der Waals surface area contributed by atoms with E-state index in [1.807, 2.05) is 0 Å². The van der Waals surface area contributed by atoms with Crippen LogP contribution in [0.2, 0.25) is 0 Å². The van der Waals surface area contributed by atoms with Gasteiger partial charge in [0.05, 0.1) is 5.57 Å². The molecule has 3 aliphatic carbocycles. The fourth-order valence-electron chi connectivity index (χ4n) is 5.93. The number of Topliss-reactive ketones (excluding diaryl/α,β-unsaturated/α-hetero) is 2. The highest BCUT2D eigenvalue weighted by Gasteiger charge is 2.77. The molecule has 6 atom stereocenters. The Labute approximate surface area is 210 Å². The summed E-state index contributed by atoms with van der Waals surface area (Å²) in [5.74, 6) is -8.17. The summed E-state index contributed by atoms with van der Waals surface area (Å²) in [5, 5.41) is 33.5. The van der Waals surface area contributed by atoms with Crippen molar-refractivity contribution in [3.63, 3.8) is 0 Å². The molecule has 0 unspecified atom stereocenters. The number of hydrogen-bond donors (Lipinski definition) is 3. The van der Waals surface area contributed by atoms with Gasteiger partial charge >= 0.3 is 5.97 Å². The fourth-order valence-corrected chi connectivity index (χ4v) is 5.93. The number of ether oxygens (including phenoxy) is 1. The molecular weight excluding hydrogens is 464 g/mol. The van der Waals surface area contributed by atoms with E-state index in [1.54, 1.807) is 38.2 Å². The van der Waals surface area contributed by atoms with E-state index in [0.29, 0.717) is 0 Å². The van der Waals surface area contributed by atoms with Crippen molar-refractivity contribution in [1.82, 2.24) is 0 Å². The smallest absolute Gasteiger partial charge is 0.338 e. The highest BCUT2D eigenvalue weighted by atomic mass is 16.6. The van der Waals surface area contributed by atoms with Gasteiger partial charge in [-0.05, 0) is 53.7 Å². The number of aliphatic hydroxyl groups excluding tert-OH is 2. The quantitative estimate of drug-likeness (QED) is 0.167. The van der Waals surface area contributed by atoms with Crippen molar-refractivity contribution in [2.45, 2.75) is 52.7 Å². The maximum atomic E-state index is 13.8. The average Bonchev–Trinajstić information content (AvgIpc) is 3.01. The molecule has 8 nitrogen and oxygen atoms in total. The van der Waals surface area contributed by atoms with Gasteiger partial charge < -0.3 is 20.1 Å². The monoisotopic (exact) mass is 496 g/mol. The summed E-state index contributed by atoms with van der Waals surface area (Å²) in [4.78, 5) is 53.5. The summed E-state index contributed by atoms with van der Waals surface area (Å²) in [7, 11) is 0. The SMILES string of the molecule is C/C=C/C=C/C(=O)[C@@H]1[C@@H]([C@]2(C)OC(=O)C(C)=C2O)[C@H]2\C(=C(O)/C=C/C=C/C)C(=O)[C@]1(C)C(=O)[C@@]2(C)O. The number of hydrogen-bond acceptors (Lipinski definition) is 8. The van der Waals surface area contributed by atoms with Crippen LogP contribution in [-0.2, 0) is 23.9 Å². The minimum atomic E-state index is -2.22. The van der Waals surface area contributed by atoms with Gasteiger partial charge in [0.25, 0.3) is 0 Å². The average molecular weight is 497 g/mol. The Morgan fingerprint density at radius 3 is 2.03 bits per heavy atom. The molecule has 3 fully saturated rings. The Morgan fingerprint density at radius 1 is 0.972 bits per heavy atom. The lowest BCUT2D eigenvalue weighted by Crippen LogP contribution is -2.75. The van der Waals surface area contributed by atoms with Crippen molar-refractivity contribution in [2.24, 2.45) is 23.2 Å². The summed E-state index contributed by atoms with van der Waals surface area (Å²) in [6, 6.07) is 0. The highest BCUT2D eigenvalue weighted by molar-refractivity contribution is 6.24. The minimum absolute atomic E-state index is 0.0835. The normalized spacial score (nSPS) is 38.4. The Kier molecular flexibility index (Phi) is 6.89. The highest BCUT2D eigenvalue weighted by Crippen LogP contribution is 2.64. The van der Waals surface area contributed by atoms with Gasteiger partial charge in [0.2, 0.25) is 0 Å². The largest absolute Gasteiger partial charge is 0.508 e. The zero-order valence-electron chi connectivity index (χ0n) is 21.2. The maximum absolute atomic E-state index is 13.8. The Balaban J connectivity index is 2.41. The summed E-state index contributed by atoms with van der Waals surface area (Å²) < 4.78 is 5.59. The van der Waals surface area contributed by atoms with Crippen molar-refractivity contribution in [3.8, 4) is 0 Å². The second-order valence-corrected chi connectivity index (χ2v) is 9.93. The molecule has 0 aromatic rings. The number of esters is 1. The second-order valence-electron chi connectivity index (χ2n) is 9.93. The Hall–Kier alpha value is -3.52. The van der Waals surface area contributed by atoms with Crippen LogP contribution in [0.1, 0.15) is 41.5 Å². The number of rotatable bonds is 6. The van der Waals surface area contributed by atoms with Crippen LogP contribution < -0.4 is 0 Å². The van der Waals surface area contributed by atoms with Gasteiger partial charge in [0.1, 0.15) is 22.5 Å². The van der Waals surface area contributed by atoms with E-state index in [0.717, 1.165) is 0 Å². The van der Waals surface area contributed by atoms with Gasteiger partial charge in [-0.3, -0.25) is 14.4 Å². The predicted molar refractivity (Wildman–Crippen MR) is 132 cm³/mol. The van der Waals surface area contributed by atoms with E-state index in [1.165, 1.54) is 52.0 Å². The third-order valence-electron chi connectivity index (χ3n) is 7.68. The van der Waals surface area contributed by atoms with Crippen molar-refractivity contribution >= 4 is 23.3 Å². The van der Waals surface area contributed by atoms with E-state index in [-0.39, 0.29) is 11.1 Å². The number of fused-ring (bicyclic) bond motifs is 3. The Morgan fingerprint density at radius 2 is 1.53 bits per heavy atom. The molecule has 36 heavy (non-hydrogen) atoms. The third kappa shape index (κ3) is 3.63. The molecule has 0 amide bonds. The molecule has 0 saturated heterocycles. The molecular formula is C28H32O8.